The molecule has 4 N–H and O–H groups in total. The number of hydrogen-bond acceptors (Lipinski definition) is 3. The van der Waals surface area contributed by atoms with Gasteiger partial charge in [0.15, 0.2) is 0 Å². The van der Waals surface area contributed by atoms with Gasteiger partial charge in [-0.15, -0.1) is 0 Å². The van der Waals surface area contributed by atoms with Crippen LogP contribution in [-0.4, -0.2) is 19.0 Å². The van der Waals surface area contributed by atoms with E-state index in [1.807, 2.05) is 30.3 Å². The van der Waals surface area contributed by atoms with Gasteiger partial charge in [-0.3, -0.25) is 10.6 Å². The number of nitrogens with two attached hydrogens (primary N) is 1. The summed E-state index contributed by atoms with van der Waals surface area (Å²) in [6, 6.07) is 9.37. The standard InChI is InChI=1S/C10H15N3O/c1-12-10(14)9(13-11)7-8-5-3-2-4-6-8/h2-6,9,13H,7,11H2,1H3,(H,12,14). The summed E-state index contributed by atoms with van der Waals surface area (Å²) in [4.78, 5) is 11.3. The van der Waals surface area contributed by atoms with Crippen LogP contribution in [0.4, 0.5) is 0 Å². The Morgan fingerprint density at radius 2 is 2.07 bits per heavy atom. The first kappa shape index (κ1) is 10.7. The van der Waals surface area contributed by atoms with Crippen molar-refractivity contribution in [3.63, 3.8) is 0 Å². The van der Waals surface area contributed by atoms with Crippen LogP contribution >= 0.6 is 0 Å². The van der Waals surface area contributed by atoms with Gasteiger partial charge in [0.2, 0.25) is 5.91 Å². The number of likely N-dealkylation sites (N-methyl/N-ethyl adjacent to an activating group) is 1. The minimum absolute atomic E-state index is 0.101. The highest BCUT2D eigenvalue weighted by Crippen LogP contribution is 2.02. The molecule has 1 unspecified atom stereocenters. The van der Waals surface area contributed by atoms with Crippen molar-refractivity contribution in [3.8, 4) is 0 Å². The topological polar surface area (TPSA) is 67.2 Å². The molecule has 1 aromatic carbocycles. The Labute approximate surface area is 83.5 Å². The third kappa shape index (κ3) is 2.83. The van der Waals surface area contributed by atoms with E-state index >= 15 is 0 Å². The van der Waals surface area contributed by atoms with Crippen LogP contribution in [0.5, 0.6) is 0 Å². The van der Waals surface area contributed by atoms with Crippen molar-refractivity contribution in [3.05, 3.63) is 35.9 Å². The quantitative estimate of drug-likeness (QED) is 0.458. The molecule has 4 heteroatoms. The molecule has 0 fully saturated rings. The van der Waals surface area contributed by atoms with Gasteiger partial charge >= 0.3 is 0 Å². The fourth-order valence-corrected chi connectivity index (χ4v) is 1.25. The predicted molar refractivity (Wildman–Crippen MR) is 55.3 cm³/mol. The molecule has 0 aliphatic rings. The van der Waals surface area contributed by atoms with Crippen molar-refractivity contribution in [1.29, 1.82) is 0 Å². The second-order valence-corrected chi connectivity index (χ2v) is 3.02. The average Bonchev–Trinajstić information content (AvgIpc) is 2.26. The van der Waals surface area contributed by atoms with Gasteiger partial charge in [-0.25, -0.2) is 5.43 Å². The van der Waals surface area contributed by atoms with Gasteiger partial charge in [-0.1, -0.05) is 30.3 Å². The van der Waals surface area contributed by atoms with Crippen LogP contribution in [0.2, 0.25) is 0 Å². The summed E-state index contributed by atoms with van der Waals surface area (Å²) in [7, 11) is 1.59. The number of carbonyl (C=O) groups is 1. The van der Waals surface area contributed by atoms with Crippen LogP contribution < -0.4 is 16.6 Å². The number of hydrazine groups is 1. The molecule has 0 saturated heterocycles. The van der Waals surface area contributed by atoms with Gasteiger partial charge in [0.25, 0.3) is 0 Å². The Bertz CT molecular complexity index is 287. The molecule has 1 rings (SSSR count). The summed E-state index contributed by atoms with van der Waals surface area (Å²) in [6.45, 7) is 0. The van der Waals surface area contributed by atoms with Crippen molar-refractivity contribution in [2.24, 2.45) is 5.84 Å². The van der Waals surface area contributed by atoms with Crippen molar-refractivity contribution < 1.29 is 4.79 Å². The SMILES string of the molecule is CNC(=O)C(Cc1ccccc1)NN. The van der Waals surface area contributed by atoms with E-state index in [9.17, 15) is 4.79 Å². The third-order valence-electron chi connectivity index (χ3n) is 2.05. The second kappa shape index (κ2) is 5.36. The first-order chi connectivity index (χ1) is 6.77. The van der Waals surface area contributed by atoms with Crippen LogP contribution in [0, 0.1) is 0 Å². The first-order valence-corrected chi connectivity index (χ1v) is 4.49. The third-order valence-corrected chi connectivity index (χ3v) is 2.05. The summed E-state index contributed by atoms with van der Waals surface area (Å²) < 4.78 is 0. The van der Waals surface area contributed by atoms with Crippen molar-refractivity contribution in [2.45, 2.75) is 12.5 Å². The smallest absolute Gasteiger partial charge is 0.238 e. The molecule has 0 bridgehead atoms. The summed E-state index contributed by atoms with van der Waals surface area (Å²) >= 11 is 0. The Morgan fingerprint density at radius 3 is 2.57 bits per heavy atom. The zero-order valence-corrected chi connectivity index (χ0v) is 8.16. The Hall–Kier alpha value is -1.39. The molecular weight excluding hydrogens is 178 g/mol. The van der Waals surface area contributed by atoms with E-state index in [2.05, 4.69) is 10.7 Å². The molecule has 0 saturated carbocycles. The van der Waals surface area contributed by atoms with E-state index in [4.69, 9.17) is 5.84 Å². The van der Waals surface area contributed by atoms with E-state index in [1.165, 1.54) is 0 Å². The summed E-state index contributed by atoms with van der Waals surface area (Å²) in [5.41, 5.74) is 3.57. The molecule has 0 aliphatic carbocycles. The monoisotopic (exact) mass is 193 g/mol. The minimum atomic E-state index is -0.373. The average molecular weight is 193 g/mol. The van der Waals surface area contributed by atoms with Gasteiger partial charge in [0.05, 0.1) is 0 Å². The highest BCUT2D eigenvalue weighted by atomic mass is 16.2. The first-order valence-electron chi connectivity index (χ1n) is 4.49. The van der Waals surface area contributed by atoms with Crippen molar-refractivity contribution >= 4 is 5.91 Å². The molecule has 14 heavy (non-hydrogen) atoms. The zero-order chi connectivity index (χ0) is 10.4. The molecule has 0 aromatic heterocycles. The van der Waals surface area contributed by atoms with E-state index in [0.717, 1.165) is 5.56 Å². The lowest BCUT2D eigenvalue weighted by atomic mass is 10.1. The second-order valence-electron chi connectivity index (χ2n) is 3.02. The fourth-order valence-electron chi connectivity index (χ4n) is 1.25. The molecule has 1 amide bonds. The van der Waals surface area contributed by atoms with Gasteiger partial charge < -0.3 is 5.32 Å². The maximum Gasteiger partial charge on any atom is 0.238 e. The summed E-state index contributed by atoms with van der Waals surface area (Å²) in [5.74, 6) is 5.19. The molecule has 1 atom stereocenters. The fraction of sp³-hybridized carbons (Fsp3) is 0.300. The van der Waals surface area contributed by atoms with Crippen LogP contribution in [-0.2, 0) is 11.2 Å². The van der Waals surface area contributed by atoms with E-state index in [-0.39, 0.29) is 11.9 Å². The minimum Gasteiger partial charge on any atom is -0.358 e. The van der Waals surface area contributed by atoms with Crippen LogP contribution in [0.3, 0.4) is 0 Å². The number of nitrogens with one attached hydrogen (secondary N) is 2. The summed E-state index contributed by atoms with van der Waals surface area (Å²) in [5, 5.41) is 2.55. The largest absolute Gasteiger partial charge is 0.358 e. The number of carbonyl (C=O) groups excluding carboxylic acids is 1. The molecule has 0 aliphatic heterocycles. The maximum atomic E-state index is 11.3. The zero-order valence-electron chi connectivity index (χ0n) is 8.16. The van der Waals surface area contributed by atoms with E-state index in [0.29, 0.717) is 6.42 Å². The van der Waals surface area contributed by atoms with E-state index in [1.54, 1.807) is 7.05 Å². The van der Waals surface area contributed by atoms with Gasteiger partial charge in [0, 0.05) is 7.05 Å². The van der Waals surface area contributed by atoms with Crippen molar-refractivity contribution in [2.75, 3.05) is 7.05 Å². The van der Waals surface area contributed by atoms with Crippen LogP contribution in [0.25, 0.3) is 0 Å². The number of amides is 1. The number of rotatable bonds is 4. The highest BCUT2D eigenvalue weighted by molar-refractivity contribution is 5.81. The predicted octanol–water partition coefficient (Wildman–Crippen LogP) is -0.193. The van der Waals surface area contributed by atoms with Gasteiger partial charge in [0.1, 0.15) is 6.04 Å². The van der Waals surface area contributed by atoms with Crippen LogP contribution in [0.1, 0.15) is 5.56 Å². The lowest BCUT2D eigenvalue weighted by Crippen LogP contribution is -2.47. The number of hydrogen-bond donors (Lipinski definition) is 3. The van der Waals surface area contributed by atoms with Crippen molar-refractivity contribution in [1.82, 2.24) is 10.7 Å². The Kier molecular flexibility index (Phi) is 4.10. The summed E-state index contributed by atoms with van der Waals surface area (Å²) in [6.07, 6.45) is 0.594. The molecule has 76 valence electrons. The molecule has 0 heterocycles. The molecule has 4 nitrogen and oxygen atoms in total. The lowest BCUT2D eigenvalue weighted by Gasteiger charge is -2.13. The normalized spacial score (nSPS) is 12.1. The maximum absolute atomic E-state index is 11.3. The Morgan fingerprint density at radius 1 is 1.43 bits per heavy atom. The molecule has 0 radical (unpaired) electrons. The molecule has 0 spiro atoms. The van der Waals surface area contributed by atoms with E-state index < -0.39 is 0 Å². The van der Waals surface area contributed by atoms with Gasteiger partial charge in [-0.05, 0) is 12.0 Å². The molecular formula is C10H15N3O. The van der Waals surface area contributed by atoms with Crippen LogP contribution in [0.15, 0.2) is 30.3 Å². The molecule has 1 aromatic rings. The van der Waals surface area contributed by atoms with Gasteiger partial charge in [-0.2, -0.15) is 0 Å². The highest BCUT2D eigenvalue weighted by Gasteiger charge is 2.14. The number of benzene rings is 1. The Balaban J connectivity index is 2.62. The lowest BCUT2D eigenvalue weighted by molar-refractivity contribution is -0.122.